The van der Waals surface area contributed by atoms with Crippen LogP contribution in [0, 0.1) is 0 Å². The summed E-state index contributed by atoms with van der Waals surface area (Å²) in [4.78, 5) is 24.5. The van der Waals surface area contributed by atoms with Gasteiger partial charge >= 0.3 is 12.1 Å². The van der Waals surface area contributed by atoms with E-state index in [2.05, 4.69) is 17.4 Å². The lowest BCUT2D eigenvalue weighted by molar-refractivity contribution is -0.139. The van der Waals surface area contributed by atoms with Gasteiger partial charge < -0.3 is 19.9 Å². The van der Waals surface area contributed by atoms with Crippen molar-refractivity contribution in [1.82, 2.24) is 5.32 Å². The summed E-state index contributed by atoms with van der Waals surface area (Å²) in [6.07, 6.45) is -0.744. The lowest BCUT2D eigenvalue weighted by Crippen LogP contribution is -2.42. The molecule has 0 saturated carbocycles. The molecular formula is C31H26ClNO5. The van der Waals surface area contributed by atoms with Gasteiger partial charge in [0.25, 0.3) is 0 Å². The van der Waals surface area contributed by atoms with Crippen LogP contribution in [0.5, 0.6) is 5.75 Å². The first-order valence-corrected chi connectivity index (χ1v) is 12.7. The molecule has 0 aromatic heterocycles. The minimum absolute atomic E-state index is 0.0399. The zero-order chi connectivity index (χ0) is 26.5. The van der Waals surface area contributed by atoms with Gasteiger partial charge in [0.2, 0.25) is 0 Å². The number of rotatable bonds is 9. The van der Waals surface area contributed by atoms with Crippen LogP contribution in [0.2, 0.25) is 5.02 Å². The number of halogens is 1. The van der Waals surface area contributed by atoms with Gasteiger partial charge in [0.1, 0.15) is 25.0 Å². The summed E-state index contributed by atoms with van der Waals surface area (Å²) < 4.78 is 11.3. The molecule has 192 valence electrons. The number of carboxylic acids is 1. The molecule has 0 spiro atoms. The van der Waals surface area contributed by atoms with Gasteiger partial charge in [-0.1, -0.05) is 96.5 Å². The number of benzene rings is 4. The first kappa shape index (κ1) is 25.4. The van der Waals surface area contributed by atoms with E-state index in [0.29, 0.717) is 22.9 Å². The Morgan fingerprint density at radius 2 is 1.47 bits per heavy atom. The Balaban J connectivity index is 1.20. The number of carbonyl (C=O) groups excluding carboxylic acids is 1. The number of hydrogen-bond acceptors (Lipinski definition) is 4. The first-order chi connectivity index (χ1) is 18.5. The minimum atomic E-state index is -1.18. The quantitative estimate of drug-likeness (QED) is 0.261. The number of hydrogen-bond donors (Lipinski definition) is 2. The molecule has 1 aliphatic rings. The molecule has 6 nitrogen and oxygen atoms in total. The fraction of sp³-hybridized carbons (Fsp3) is 0.161. The van der Waals surface area contributed by atoms with E-state index in [1.807, 2.05) is 66.7 Å². The monoisotopic (exact) mass is 527 g/mol. The van der Waals surface area contributed by atoms with Crippen LogP contribution >= 0.6 is 11.6 Å². The van der Waals surface area contributed by atoms with Gasteiger partial charge in [-0.2, -0.15) is 0 Å². The van der Waals surface area contributed by atoms with E-state index in [4.69, 9.17) is 21.1 Å². The summed E-state index contributed by atoms with van der Waals surface area (Å²) in [6.45, 7) is 0.465. The summed E-state index contributed by atoms with van der Waals surface area (Å²) in [7, 11) is 0. The van der Waals surface area contributed by atoms with Crippen molar-refractivity contribution < 1.29 is 24.2 Å². The van der Waals surface area contributed by atoms with Crippen LogP contribution in [0.3, 0.4) is 0 Å². The van der Waals surface area contributed by atoms with Crippen molar-refractivity contribution >= 4 is 23.7 Å². The Labute approximate surface area is 225 Å². The van der Waals surface area contributed by atoms with Crippen molar-refractivity contribution in [3.05, 3.63) is 124 Å². The summed E-state index contributed by atoms with van der Waals surface area (Å²) in [6, 6.07) is 29.6. The third kappa shape index (κ3) is 5.66. The number of amides is 1. The largest absolute Gasteiger partial charge is 0.487 e. The van der Waals surface area contributed by atoms with Crippen LogP contribution in [0.25, 0.3) is 11.1 Å². The molecule has 2 N–H and O–H groups in total. The smallest absolute Gasteiger partial charge is 0.407 e. The van der Waals surface area contributed by atoms with Gasteiger partial charge in [0.15, 0.2) is 0 Å². The van der Waals surface area contributed by atoms with E-state index in [-0.39, 0.29) is 18.9 Å². The maximum absolute atomic E-state index is 12.6. The van der Waals surface area contributed by atoms with Crippen LogP contribution in [0.1, 0.15) is 28.2 Å². The second kappa shape index (κ2) is 11.4. The van der Waals surface area contributed by atoms with E-state index >= 15 is 0 Å². The lowest BCUT2D eigenvalue weighted by atomic mass is 9.98. The maximum atomic E-state index is 12.6. The lowest BCUT2D eigenvalue weighted by Gasteiger charge is -2.18. The molecule has 7 heteroatoms. The number of aliphatic carboxylic acids is 1. The molecular weight excluding hydrogens is 502 g/mol. The molecule has 4 aromatic carbocycles. The van der Waals surface area contributed by atoms with Crippen LogP contribution in [0.4, 0.5) is 4.79 Å². The van der Waals surface area contributed by atoms with Crippen molar-refractivity contribution in [3.8, 4) is 16.9 Å². The molecule has 0 radical (unpaired) electrons. The number of carboxylic acid groups (broad SMARTS) is 1. The van der Waals surface area contributed by atoms with Gasteiger partial charge in [-0.15, -0.1) is 0 Å². The fourth-order valence-corrected chi connectivity index (χ4v) is 5.00. The summed E-state index contributed by atoms with van der Waals surface area (Å²) in [5.74, 6) is -0.784. The predicted octanol–water partition coefficient (Wildman–Crippen LogP) is 6.45. The number of ether oxygens (including phenoxy) is 2. The molecule has 0 unspecified atom stereocenters. The zero-order valence-corrected chi connectivity index (χ0v) is 21.2. The van der Waals surface area contributed by atoms with Crippen molar-refractivity contribution in [2.75, 3.05) is 6.61 Å². The van der Waals surface area contributed by atoms with E-state index in [0.717, 1.165) is 27.8 Å². The van der Waals surface area contributed by atoms with E-state index in [1.165, 1.54) is 0 Å². The van der Waals surface area contributed by atoms with E-state index < -0.39 is 18.1 Å². The second-order valence-corrected chi connectivity index (χ2v) is 9.51. The van der Waals surface area contributed by atoms with Gasteiger partial charge in [0, 0.05) is 12.3 Å². The topological polar surface area (TPSA) is 84.9 Å². The molecule has 1 amide bonds. The van der Waals surface area contributed by atoms with Crippen molar-refractivity contribution in [2.24, 2.45) is 0 Å². The molecule has 0 aliphatic heterocycles. The Bertz CT molecular complexity index is 1410. The molecule has 5 rings (SSSR count). The maximum Gasteiger partial charge on any atom is 0.407 e. The molecule has 0 heterocycles. The molecule has 0 bridgehead atoms. The molecule has 4 aromatic rings. The fourth-order valence-electron chi connectivity index (χ4n) is 4.74. The third-order valence-electron chi connectivity index (χ3n) is 6.61. The van der Waals surface area contributed by atoms with Crippen LogP contribution in [-0.2, 0) is 22.6 Å². The highest BCUT2D eigenvalue weighted by Crippen LogP contribution is 2.44. The molecule has 38 heavy (non-hydrogen) atoms. The number of nitrogens with one attached hydrogen (secondary N) is 1. The van der Waals surface area contributed by atoms with Gasteiger partial charge in [-0.3, -0.25) is 0 Å². The van der Waals surface area contributed by atoms with E-state index in [9.17, 15) is 14.7 Å². The summed E-state index contributed by atoms with van der Waals surface area (Å²) in [5, 5.41) is 12.6. The van der Waals surface area contributed by atoms with E-state index in [1.54, 1.807) is 18.2 Å². The number of carbonyl (C=O) groups is 2. The second-order valence-electron chi connectivity index (χ2n) is 9.10. The van der Waals surface area contributed by atoms with Crippen LogP contribution in [-0.4, -0.2) is 29.8 Å². The molecule has 0 saturated heterocycles. The predicted molar refractivity (Wildman–Crippen MR) is 146 cm³/mol. The first-order valence-electron chi connectivity index (χ1n) is 12.3. The number of fused-ring (bicyclic) bond motifs is 3. The van der Waals surface area contributed by atoms with Gasteiger partial charge in [-0.05, 0) is 45.5 Å². The van der Waals surface area contributed by atoms with Crippen molar-refractivity contribution in [2.45, 2.75) is 25.0 Å². The average molecular weight is 528 g/mol. The Morgan fingerprint density at radius 3 is 2.11 bits per heavy atom. The van der Waals surface area contributed by atoms with Crippen LogP contribution < -0.4 is 10.1 Å². The highest BCUT2D eigenvalue weighted by atomic mass is 35.5. The zero-order valence-electron chi connectivity index (χ0n) is 20.5. The Morgan fingerprint density at radius 1 is 0.842 bits per heavy atom. The molecule has 1 atom stereocenters. The highest BCUT2D eigenvalue weighted by molar-refractivity contribution is 6.32. The number of alkyl carbamates (subject to hydrolysis) is 1. The SMILES string of the molecule is O=C(N[C@@H](Cc1ccc(OCc2ccccc2)c(Cl)c1)C(=O)O)OCC1c2ccccc2-c2ccccc21. The highest BCUT2D eigenvalue weighted by Gasteiger charge is 2.30. The van der Waals surface area contributed by atoms with Crippen molar-refractivity contribution in [1.29, 1.82) is 0 Å². The Hall–Kier alpha value is -4.29. The Kier molecular flexibility index (Phi) is 7.61. The average Bonchev–Trinajstić information content (AvgIpc) is 3.25. The molecule has 1 aliphatic carbocycles. The minimum Gasteiger partial charge on any atom is -0.487 e. The third-order valence-corrected chi connectivity index (χ3v) is 6.90. The van der Waals surface area contributed by atoms with Crippen LogP contribution in [0.15, 0.2) is 97.1 Å². The normalized spacial score (nSPS) is 12.8. The summed E-state index contributed by atoms with van der Waals surface area (Å²) in [5.41, 5.74) is 6.06. The standard InChI is InChI=1S/C31H26ClNO5/c32-27-16-21(14-15-29(27)37-18-20-8-2-1-3-9-20)17-28(30(34)35)33-31(36)38-19-26-24-12-6-4-10-22(24)23-11-5-7-13-25(23)26/h1-16,26,28H,17-19H2,(H,33,36)(H,34,35)/t28-/m0/s1. The van der Waals surface area contributed by atoms with Gasteiger partial charge in [0.05, 0.1) is 5.02 Å². The molecule has 0 fully saturated rings. The summed E-state index contributed by atoms with van der Waals surface area (Å²) >= 11 is 6.38. The van der Waals surface area contributed by atoms with Gasteiger partial charge in [-0.25, -0.2) is 9.59 Å². The van der Waals surface area contributed by atoms with Crippen molar-refractivity contribution in [3.63, 3.8) is 0 Å².